The fourth-order valence-electron chi connectivity index (χ4n) is 5.02. The summed E-state index contributed by atoms with van der Waals surface area (Å²) < 4.78 is 0. The van der Waals surface area contributed by atoms with Gasteiger partial charge in [0.15, 0.2) is 0 Å². The van der Waals surface area contributed by atoms with Crippen molar-refractivity contribution in [3.63, 3.8) is 0 Å². The van der Waals surface area contributed by atoms with Crippen LogP contribution in [0.2, 0.25) is 5.02 Å². The lowest BCUT2D eigenvalue weighted by Crippen LogP contribution is -2.31. The summed E-state index contributed by atoms with van der Waals surface area (Å²) in [6, 6.07) is 31.8. The molecule has 0 bridgehead atoms. The average molecular weight is 435 g/mol. The highest BCUT2D eigenvalue weighted by Crippen LogP contribution is 2.38. The van der Waals surface area contributed by atoms with Gasteiger partial charge >= 0.3 is 0 Å². The summed E-state index contributed by atoms with van der Waals surface area (Å²) in [6.45, 7) is 2.88. The molecule has 0 atom stereocenters. The summed E-state index contributed by atoms with van der Waals surface area (Å²) in [5.41, 5.74) is 7.33. The zero-order valence-corrected chi connectivity index (χ0v) is 18.5. The molecule has 2 nitrogen and oxygen atoms in total. The van der Waals surface area contributed by atoms with Gasteiger partial charge in [-0.1, -0.05) is 84.4 Å². The molecule has 1 aliphatic rings. The zero-order valence-electron chi connectivity index (χ0n) is 17.8. The van der Waals surface area contributed by atoms with E-state index in [1.807, 2.05) is 18.2 Å². The van der Waals surface area contributed by atoms with Gasteiger partial charge in [0.25, 0.3) is 0 Å². The summed E-state index contributed by atoms with van der Waals surface area (Å²) in [7, 11) is 0. The lowest BCUT2D eigenvalue weighted by molar-refractivity contribution is 0.246. The molecule has 0 fully saturated rings. The van der Waals surface area contributed by atoms with E-state index < -0.39 is 0 Å². The van der Waals surface area contributed by atoms with E-state index in [0.717, 1.165) is 47.9 Å². The van der Waals surface area contributed by atoms with Gasteiger partial charge in [0.1, 0.15) is 0 Å². The van der Waals surface area contributed by atoms with E-state index in [2.05, 4.69) is 77.7 Å². The largest absolute Gasteiger partial charge is 0.294 e. The number of hydrogen-bond donors (Lipinski definition) is 0. The Hall–Kier alpha value is -3.20. The van der Waals surface area contributed by atoms with Crippen LogP contribution >= 0.6 is 11.6 Å². The Balaban J connectivity index is 1.56. The van der Waals surface area contributed by atoms with Crippen LogP contribution in [-0.4, -0.2) is 16.4 Å². The van der Waals surface area contributed by atoms with E-state index in [9.17, 15) is 0 Å². The van der Waals surface area contributed by atoms with Crippen molar-refractivity contribution < 1.29 is 0 Å². The van der Waals surface area contributed by atoms with Crippen molar-refractivity contribution in [1.82, 2.24) is 9.88 Å². The smallest absolute Gasteiger partial charge is 0.0758 e. The molecular formula is C29H23ClN2. The Morgan fingerprint density at radius 1 is 0.812 bits per heavy atom. The first-order chi connectivity index (χ1) is 15.8. The maximum Gasteiger partial charge on any atom is 0.0758 e. The van der Waals surface area contributed by atoms with Crippen LogP contribution in [0.1, 0.15) is 16.7 Å². The third-order valence-corrected chi connectivity index (χ3v) is 6.73. The minimum atomic E-state index is 0.744. The first-order valence-corrected chi connectivity index (χ1v) is 11.5. The molecule has 0 saturated carbocycles. The van der Waals surface area contributed by atoms with Gasteiger partial charge < -0.3 is 0 Å². The van der Waals surface area contributed by atoms with E-state index in [4.69, 9.17) is 16.6 Å². The number of pyridine rings is 1. The Morgan fingerprint density at radius 3 is 2.53 bits per heavy atom. The highest BCUT2D eigenvalue weighted by molar-refractivity contribution is 6.30. The fourth-order valence-corrected chi connectivity index (χ4v) is 5.21. The Bertz CT molecular complexity index is 1440. The van der Waals surface area contributed by atoms with Gasteiger partial charge in [0, 0.05) is 35.6 Å². The van der Waals surface area contributed by atoms with E-state index >= 15 is 0 Å². The predicted molar refractivity (Wildman–Crippen MR) is 134 cm³/mol. The highest BCUT2D eigenvalue weighted by Gasteiger charge is 2.24. The minimum absolute atomic E-state index is 0.744. The van der Waals surface area contributed by atoms with E-state index in [-0.39, 0.29) is 0 Å². The zero-order chi connectivity index (χ0) is 21.5. The van der Waals surface area contributed by atoms with Crippen LogP contribution in [0.3, 0.4) is 0 Å². The Kier molecular flexibility index (Phi) is 4.90. The van der Waals surface area contributed by atoms with Gasteiger partial charge in [0.05, 0.1) is 11.2 Å². The molecule has 0 spiro atoms. The van der Waals surface area contributed by atoms with Gasteiger partial charge in [-0.05, 0) is 52.1 Å². The molecule has 4 aromatic carbocycles. The molecule has 3 heteroatoms. The van der Waals surface area contributed by atoms with Crippen LogP contribution in [0.25, 0.3) is 32.9 Å². The molecule has 0 N–H and O–H groups in total. The molecule has 0 radical (unpaired) electrons. The van der Waals surface area contributed by atoms with Crippen molar-refractivity contribution in [1.29, 1.82) is 0 Å². The number of halogens is 1. The lowest BCUT2D eigenvalue weighted by atomic mass is 9.89. The van der Waals surface area contributed by atoms with Crippen molar-refractivity contribution in [2.24, 2.45) is 0 Å². The summed E-state index contributed by atoms with van der Waals surface area (Å²) >= 11 is 6.37. The SMILES string of the molecule is Clc1cccc(-c2nc3ccc4ccccc4c3c3c2CN(Cc2ccccc2)CC3)c1. The second kappa shape index (κ2) is 8.05. The minimum Gasteiger partial charge on any atom is -0.294 e. The number of fused-ring (bicyclic) bond motifs is 5. The van der Waals surface area contributed by atoms with Crippen molar-refractivity contribution in [2.45, 2.75) is 19.5 Å². The third-order valence-electron chi connectivity index (χ3n) is 6.50. The predicted octanol–water partition coefficient (Wildman–Crippen LogP) is 7.27. The summed E-state index contributed by atoms with van der Waals surface area (Å²) in [5, 5.41) is 4.62. The van der Waals surface area contributed by atoms with Crippen molar-refractivity contribution in [3.05, 3.63) is 113 Å². The van der Waals surface area contributed by atoms with Crippen LogP contribution < -0.4 is 0 Å². The number of rotatable bonds is 3. The number of nitrogens with zero attached hydrogens (tertiary/aromatic N) is 2. The first kappa shape index (κ1) is 19.5. The van der Waals surface area contributed by atoms with Gasteiger partial charge in [-0.3, -0.25) is 4.90 Å². The maximum atomic E-state index is 6.37. The second-order valence-electron chi connectivity index (χ2n) is 8.55. The van der Waals surface area contributed by atoms with E-state index in [0.29, 0.717) is 0 Å². The van der Waals surface area contributed by atoms with Crippen LogP contribution in [0.5, 0.6) is 0 Å². The number of aromatic nitrogens is 1. The van der Waals surface area contributed by atoms with Crippen LogP contribution in [0.4, 0.5) is 0 Å². The third kappa shape index (κ3) is 3.46. The summed E-state index contributed by atoms with van der Waals surface area (Å²) in [5.74, 6) is 0. The molecule has 156 valence electrons. The molecular weight excluding hydrogens is 412 g/mol. The summed E-state index contributed by atoms with van der Waals surface area (Å²) in [6.07, 6.45) is 1.02. The average Bonchev–Trinajstić information content (AvgIpc) is 2.84. The molecule has 2 heterocycles. The molecule has 1 aromatic heterocycles. The molecule has 32 heavy (non-hydrogen) atoms. The number of benzene rings is 4. The monoisotopic (exact) mass is 434 g/mol. The van der Waals surface area contributed by atoms with E-state index in [1.54, 1.807) is 0 Å². The molecule has 0 amide bonds. The van der Waals surface area contributed by atoms with Crippen LogP contribution in [0.15, 0.2) is 91.0 Å². The van der Waals surface area contributed by atoms with Gasteiger partial charge in [-0.15, -0.1) is 0 Å². The van der Waals surface area contributed by atoms with E-state index in [1.165, 1.54) is 32.8 Å². The fraction of sp³-hybridized carbons (Fsp3) is 0.138. The molecule has 5 aromatic rings. The van der Waals surface area contributed by atoms with Crippen LogP contribution in [0, 0.1) is 0 Å². The molecule has 0 unspecified atom stereocenters. The van der Waals surface area contributed by atoms with Crippen LogP contribution in [-0.2, 0) is 19.5 Å². The highest BCUT2D eigenvalue weighted by atomic mass is 35.5. The van der Waals surface area contributed by atoms with Crippen molar-refractivity contribution in [3.8, 4) is 11.3 Å². The topological polar surface area (TPSA) is 16.1 Å². The summed E-state index contributed by atoms with van der Waals surface area (Å²) in [4.78, 5) is 7.74. The second-order valence-corrected chi connectivity index (χ2v) is 8.99. The van der Waals surface area contributed by atoms with Gasteiger partial charge in [-0.25, -0.2) is 4.98 Å². The molecule has 0 saturated heterocycles. The molecule has 0 aliphatic carbocycles. The molecule has 1 aliphatic heterocycles. The Morgan fingerprint density at radius 2 is 1.66 bits per heavy atom. The maximum absolute atomic E-state index is 6.37. The number of hydrogen-bond acceptors (Lipinski definition) is 2. The Labute approximate surface area is 193 Å². The molecule has 6 rings (SSSR count). The lowest BCUT2D eigenvalue weighted by Gasteiger charge is -2.31. The van der Waals surface area contributed by atoms with Crippen molar-refractivity contribution >= 4 is 33.3 Å². The van der Waals surface area contributed by atoms with Crippen molar-refractivity contribution in [2.75, 3.05) is 6.54 Å². The normalized spacial score (nSPS) is 14.0. The first-order valence-electron chi connectivity index (χ1n) is 11.1. The quantitative estimate of drug-likeness (QED) is 0.277. The van der Waals surface area contributed by atoms with Gasteiger partial charge in [0.2, 0.25) is 0 Å². The standard InChI is InChI=1S/C29H23ClN2/c30-23-11-6-10-22(17-23)29-26-19-32(18-20-7-2-1-3-8-20)16-15-25(26)28-24-12-5-4-9-21(24)13-14-27(28)31-29/h1-14,17H,15-16,18-19H2. The van der Waals surface area contributed by atoms with Gasteiger partial charge in [-0.2, -0.15) is 0 Å².